The quantitative estimate of drug-likeness (QED) is 0.515. The number of ketones is 1. The number of carbonyl (C=O) groups excluding carboxylic acids is 1. The highest BCUT2D eigenvalue weighted by Gasteiger charge is 2.33. The average Bonchev–Trinajstić information content (AvgIpc) is 3.13. The molecule has 0 N–H and O–H groups in total. The van der Waals surface area contributed by atoms with Gasteiger partial charge in [-0.2, -0.15) is 13.2 Å². The number of ether oxygens (including phenoxy) is 1. The molecular formula is C20H17BrF3N3O2. The Labute approximate surface area is 173 Å². The van der Waals surface area contributed by atoms with Gasteiger partial charge in [0.05, 0.1) is 10.2 Å². The molecule has 152 valence electrons. The zero-order valence-electron chi connectivity index (χ0n) is 15.2. The highest BCUT2D eigenvalue weighted by atomic mass is 79.9. The third-order valence-electron chi connectivity index (χ3n) is 4.91. The summed E-state index contributed by atoms with van der Waals surface area (Å²) < 4.78 is 46.5. The highest BCUT2D eigenvalue weighted by molar-refractivity contribution is 9.10. The molecule has 0 radical (unpaired) electrons. The van der Waals surface area contributed by atoms with Crippen molar-refractivity contribution < 1.29 is 22.7 Å². The van der Waals surface area contributed by atoms with E-state index in [0.29, 0.717) is 24.7 Å². The van der Waals surface area contributed by atoms with Gasteiger partial charge in [-0.1, -0.05) is 6.07 Å². The lowest BCUT2D eigenvalue weighted by molar-refractivity contribution is -0.141. The number of carbonyl (C=O) groups is 1. The van der Waals surface area contributed by atoms with Gasteiger partial charge in [0.25, 0.3) is 0 Å². The Hall–Kier alpha value is -2.26. The fraction of sp³-hybridized carbons (Fsp3) is 0.350. The molecule has 1 fully saturated rings. The van der Waals surface area contributed by atoms with E-state index in [9.17, 15) is 18.0 Å². The lowest BCUT2D eigenvalue weighted by Crippen LogP contribution is -2.14. The minimum atomic E-state index is -4.59. The molecule has 3 aromatic rings. The first-order valence-corrected chi connectivity index (χ1v) is 9.93. The Bertz CT molecular complexity index is 1060. The fourth-order valence-electron chi connectivity index (χ4n) is 3.44. The Morgan fingerprint density at radius 2 is 1.97 bits per heavy atom. The summed E-state index contributed by atoms with van der Waals surface area (Å²) in [5.74, 6) is -0.151. The lowest BCUT2D eigenvalue weighted by Gasteiger charge is -2.19. The molecule has 0 spiro atoms. The minimum Gasteiger partial charge on any atom is -0.381 e. The molecule has 0 aromatic carbocycles. The molecule has 29 heavy (non-hydrogen) atoms. The smallest absolute Gasteiger partial charge is 0.381 e. The molecular weight excluding hydrogens is 451 g/mol. The van der Waals surface area contributed by atoms with E-state index in [1.165, 1.54) is 12.1 Å². The maximum atomic E-state index is 12.8. The monoisotopic (exact) mass is 467 g/mol. The van der Waals surface area contributed by atoms with Crippen LogP contribution >= 0.6 is 15.9 Å². The maximum absolute atomic E-state index is 12.8. The van der Waals surface area contributed by atoms with Gasteiger partial charge in [-0.3, -0.25) is 4.79 Å². The van der Waals surface area contributed by atoms with Gasteiger partial charge < -0.3 is 9.14 Å². The number of pyridine rings is 2. The number of fused-ring (bicyclic) bond motifs is 1. The van der Waals surface area contributed by atoms with Crippen LogP contribution in [0.4, 0.5) is 13.2 Å². The number of hydrogen-bond donors (Lipinski definition) is 0. The van der Waals surface area contributed by atoms with Gasteiger partial charge in [-0.25, -0.2) is 9.97 Å². The van der Waals surface area contributed by atoms with Gasteiger partial charge >= 0.3 is 6.18 Å². The Kier molecular flexibility index (Phi) is 5.44. The molecule has 1 aliphatic heterocycles. The summed E-state index contributed by atoms with van der Waals surface area (Å²) in [7, 11) is 0. The van der Waals surface area contributed by atoms with E-state index in [0.717, 1.165) is 34.7 Å². The van der Waals surface area contributed by atoms with Crippen molar-refractivity contribution in [1.82, 2.24) is 14.4 Å². The van der Waals surface area contributed by atoms with Crippen molar-refractivity contribution in [3.63, 3.8) is 0 Å². The van der Waals surface area contributed by atoms with Crippen molar-refractivity contribution in [2.75, 3.05) is 13.2 Å². The van der Waals surface area contributed by atoms with Crippen LogP contribution in [0.1, 0.15) is 46.2 Å². The Morgan fingerprint density at radius 1 is 1.21 bits per heavy atom. The van der Waals surface area contributed by atoms with Crippen LogP contribution in [0.25, 0.3) is 5.65 Å². The normalized spacial score (nSPS) is 15.7. The minimum absolute atomic E-state index is 0.0619. The topological polar surface area (TPSA) is 56.5 Å². The van der Waals surface area contributed by atoms with Crippen LogP contribution < -0.4 is 0 Å². The van der Waals surface area contributed by atoms with Gasteiger partial charge in [0.15, 0.2) is 11.4 Å². The summed E-state index contributed by atoms with van der Waals surface area (Å²) >= 11 is 3.49. The van der Waals surface area contributed by atoms with E-state index in [2.05, 4.69) is 20.9 Å². The number of hydrogen-bond acceptors (Lipinski definition) is 4. The van der Waals surface area contributed by atoms with Crippen LogP contribution in [0, 0.1) is 0 Å². The predicted octanol–water partition coefficient (Wildman–Crippen LogP) is 4.83. The standard InChI is InChI=1S/C20H17BrF3N3O2/c21-14-8-12(9-17(28)15-2-1-3-18(25-15)20(22,23)24)10-27-11-16(26-19(14)27)13-4-6-29-7-5-13/h1-3,8,10-11,13H,4-7,9H2. The molecule has 0 aliphatic carbocycles. The second kappa shape index (κ2) is 7.87. The van der Waals surface area contributed by atoms with Crippen LogP contribution in [0.15, 0.2) is 41.1 Å². The van der Waals surface area contributed by atoms with E-state index in [4.69, 9.17) is 9.72 Å². The molecule has 4 rings (SSSR count). The second-order valence-corrected chi connectivity index (χ2v) is 7.84. The highest BCUT2D eigenvalue weighted by Crippen LogP contribution is 2.29. The second-order valence-electron chi connectivity index (χ2n) is 6.99. The molecule has 5 nitrogen and oxygen atoms in total. The molecule has 0 atom stereocenters. The van der Waals surface area contributed by atoms with Gasteiger partial charge in [-0.15, -0.1) is 0 Å². The first-order chi connectivity index (χ1) is 13.8. The Balaban J connectivity index is 1.59. The largest absolute Gasteiger partial charge is 0.433 e. The van der Waals surface area contributed by atoms with Gasteiger partial charge in [-0.05, 0) is 52.5 Å². The molecule has 4 heterocycles. The number of imidazole rings is 1. The third-order valence-corrected chi connectivity index (χ3v) is 5.49. The van der Waals surface area contributed by atoms with Gasteiger partial charge in [0.1, 0.15) is 11.4 Å². The fourth-order valence-corrected chi connectivity index (χ4v) is 4.03. The van der Waals surface area contributed by atoms with E-state index in [-0.39, 0.29) is 12.1 Å². The summed E-state index contributed by atoms with van der Waals surface area (Å²) in [4.78, 5) is 20.7. The number of aromatic nitrogens is 3. The van der Waals surface area contributed by atoms with Crippen molar-refractivity contribution in [3.05, 3.63) is 63.8 Å². The SMILES string of the molecule is O=C(Cc1cc(Br)c2nc(C3CCOCC3)cn2c1)c1cccc(C(F)(F)F)n1. The van der Waals surface area contributed by atoms with Crippen LogP contribution in [-0.4, -0.2) is 33.4 Å². The third kappa shape index (κ3) is 4.35. The zero-order valence-corrected chi connectivity index (χ0v) is 16.8. The molecule has 0 amide bonds. The van der Waals surface area contributed by atoms with Crippen LogP contribution in [0.2, 0.25) is 0 Å². The van der Waals surface area contributed by atoms with E-state index >= 15 is 0 Å². The maximum Gasteiger partial charge on any atom is 0.433 e. The molecule has 0 saturated carbocycles. The van der Waals surface area contributed by atoms with Gasteiger partial charge in [0.2, 0.25) is 0 Å². The molecule has 1 saturated heterocycles. The summed E-state index contributed by atoms with van der Waals surface area (Å²) in [5, 5.41) is 0. The van der Waals surface area contributed by atoms with Crippen molar-refractivity contribution >= 4 is 27.4 Å². The molecule has 1 aliphatic rings. The average molecular weight is 468 g/mol. The molecule has 3 aromatic heterocycles. The number of halogens is 4. The number of Topliss-reactive ketones (excluding diaryl/α,β-unsaturated/α-hetero) is 1. The van der Waals surface area contributed by atoms with E-state index in [1.807, 2.05) is 10.6 Å². The van der Waals surface area contributed by atoms with Crippen LogP contribution in [-0.2, 0) is 17.3 Å². The van der Waals surface area contributed by atoms with Gasteiger partial charge in [0, 0.05) is 37.9 Å². The first-order valence-electron chi connectivity index (χ1n) is 9.13. The number of rotatable bonds is 4. The summed E-state index contributed by atoms with van der Waals surface area (Å²) in [6.45, 7) is 1.42. The van der Waals surface area contributed by atoms with Crippen LogP contribution in [0.5, 0.6) is 0 Å². The number of alkyl halides is 3. The molecule has 9 heteroatoms. The summed E-state index contributed by atoms with van der Waals surface area (Å²) in [6, 6.07) is 5.11. The zero-order chi connectivity index (χ0) is 20.6. The van der Waals surface area contributed by atoms with Crippen molar-refractivity contribution in [3.8, 4) is 0 Å². The summed E-state index contributed by atoms with van der Waals surface area (Å²) in [6.07, 6.45) is 0.888. The van der Waals surface area contributed by atoms with Crippen molar-refractivity contribution in [1.29, 1.82) is 0 Å². The molecule has 0 bridgehead atoms. The Morgan fingerprint density at radius 3 is 2.69 bits per heavy atom. The van der Waals surface area contributed by atoms with Crippen molar-refractivity contribution in [2.24, 2.45) is 0 Å². The lowest BCUT2D eigenvalue weighted by atomic mass is 9.97. The van der Waals surface area contributed by atoms with Crippen LogP contribution in [0.3, 0.4) is 0 Å². The predicted molar refractivity (Wildman–Crippen MR) is 103 cm³/mol. The molecule has 0 unspecified atom stereocenters. The van der Waals surface area contributed by atoms with E-state index in [1.54, 1.807) is 12.3 Å². The summed E-state index contributed by atoms with van der Waals surface area (Å²) in [5.41, 5.74) is 1.08. The first kappa shape index (κ1) is 20.0. The van der Waals surface area contributed by atoms with E-state index < -0.39 is 17.7 Å². The van der Waals surface area contributed by atoms with Crippen molar-refractivity contribution in [2.45, 2.75) is 31.4 Å². The number of nitrogens with zero attached hydrogens (tertiary/aromatic N) is 3.